The van der Waals surface area contributed by atoms with Crippen LogP contribution in [-0.2, 0) is 0 Å². The van der Waals surface area contributed by atoms with E-state index in [1.165, 1.54) is 30.3 Å². The lowest BCUT2D eigenvalue weighted by Gasteiger charge is -2.07. The predicted molar refractivity (Wildman–Crippen MR) is 71.8 cm³/mol. The number of benzene rings is 2. The van der Waals surface area contributed by atoms with E-state index in [4.69, 9.17) is 4.74 Å². The van der Waals surface area contributed by atoms with Crippen molar-refractivity contribution in [3.8, 4) is 5.75 Å². The molecule has 2 aromatic rings. The first-order valence-electron chi connectivity index (χ1n) is 6.43. The molecule has 0 heterocycles. The van der Waals surface area contributed by atoms with E-state index < -0.39 is 17.5 Å². The minimum atomic E-state index is -0.778. The first-order chi connectivity index (χ1) is 10.1. The van der Waals surface area contributed by atoms with Crippen LogP contribution in [0.5, 0.6) is 5.75 Å². The number of ketones is 1. The molecule has 2 rings (SSSR count). The van der Waals surface area contributed by atoms with Gasteiger partial charge in [0.2, 0.25) is 0 Å². The summed E-state index contributed by atoms with van der Waals surface area (Å²) < 4.78 is 43.8. The fourth-order valence-electron chi connectivity index (χ4n) is 1.79. The maximum absolute atomic E-state index is 13.3. The monoisotopic (exact) mass is 294 g/mol. The van der Waals surface area contributed by atoms with Crippen LogP contribution in [0.4, 0.5) is 13.2 Å². The van der Waals surface area contributed by atoms with E-state index in [9.17, 15) is 18.0 Å². The van der Waals surface area contributed by atoms with Crippen molar-refractivity contribution >= 4 is 5.78 Å². The second-order valence-electron chi connectivity index (χ2n) is 4.46. The number of carbonyl (C=O) groups excluding carboxylic acids is 1. The Morgan fingerprint density at radius 2 is 1.62 bits per heavy atom. The topological polar surface area (TPSA) is 26.3 Å². The molecule has 0 aliphatic rings. The largest absolute Gasteiger partial charge is 0.491 e. The van der Waals surface area contributed by atoms with Gasteiger partial charge in [-0.3, -0.25) is 4.79 Å². The normalized spacial score (nSPS) is 10.4. The quantitative estimate of drug-likeness (QED) is 0.591. The van der Waals surface area contributed by atoms with Crippen molar-refractivity contribution in [3.63, 3.8) is 0 Å². The Balaban J connectivity index is 1.79. The van der Waals surface area contributed by atoms with Crippen LogP contribution in [0.1, 0.15) is 23.2 Å². The highest BCUT2D eigenvalue weighted by Gasteiger charge is 2.07. The summed E-state index contributed by atoms with van der Waals surface area (Å²) in [5, 5.41) is 0. The van der Waals surface area contributed by atoms with Crippen LogP contribution in [0.3, 0.4) is 0 Å². The molecule has 0 unspecified atom stereocenters. The van der Waals surface area contributed by atoms with Gasteiger partial charge in [-0.05, 0) is 42.8 Å². The molecule has 0 N–H and O–H groups in total. The van der Waals surface area contributed by atoms with Crippen LogP contribution in [0.2, 0.25) is 0 Å². The van der Waals surface area contributed by atoms with Crippen molar-refractivity contribution in [2.75, 3.05) is 6.61 Å². The van der Waals surface area contributed by atoms with Crippen LogP contribution in [-0.4, -0.2) is 12.4 Å². The van der Waals surface area contributed by atoms with Gasteiger partial charge in [0.25, 0.3) is 0 Å². The molecule has 2 nitrogen and oxygen atoms in total. The molecule has 2 aromatic carbocycles. The minimum Gasteiger partial charge on any atom is -0.491 e. The molecule has 0 bridgehead atoms. The highest BCUT2D eigenvalue weighted by molar-refractivity contribution is 5.95. The highest BCUT2D eigenvalue weighted by Crippen LogP contribution is 2.18. The molecule has 0 aromatic heterocycles. The van der Waals surface area contributed by atoms with Gasteiger partial charge in [0, 0.05) is 18.1 Å². The molecule has 0 spiro atoms. The number of Topliss-reactive ketones (excluding diaryl/α,β-unsaturated/α-hetero) is 1. The smallest absolute Gasteiger partial charge is 0.167 e. The van der Waals surface area contributed by atoms with Crippen molar-refractivity contribution in [2.45, 2.75) is 12.8 Å². The number of rotatable bonds is 6. The van der Waals surface area contributed by atoms with Gasteiger partial charge >= 0.3 is 0 Å². The molecular weight excluding hydrogens is 281 g/mol. The summed E-state index contributed by atoms with van der Waals surface area (Å²) in [4.78, 5) is 11.8. The van der Waals surface area contributed by atoms with E-state index in [2.05, 4.69) is 0 Å². The molecule has 0 saturated carbocycles. The zero-order valence-corrected chi connectivity index (χ0v) is 11.1. The second-order valence-corrected chi connectivity index (χ2v) is 4.46. The van der Waals surface area contributed by atoms with Gasteiger partial charge in [-0.2, -0.15) is 0 Å². The first kappa shape index (κ1) is 15.1. The van der Waals surface area contributed by atoms with Crippen LogP contribution < -0.4 is 4.74 Å². The zero-order chi connectivity index (χ0) is 15.2. The van der Waals surface area contributed by atoms with Crippen molar-refractivity contribution < 1.29 is 22.7 Å². The Morgan fingerprint density at radius 1 is 0.952 bits per heavy atom. The average molecular weight is 294 g/mol. The van der Waals surface area contributed by atoms with E-state index in [0.29, 0.717) is 12.0 Å². The van der Waals surface area contributed by atoms with E-state index in [1.807, 2.05) is 0 Å². The van der Waals surface area contributed by atoms with Crippen LogP contribution in [0.15, 0.2) is 42.5 Å². The fraction of sp³-hybridized carbons (Fsp3) is 0.188. The van der Waals surface area contributed by atoms with E-state index in [1.54, 1.807) is 0 Å². The van der Waals surface area contributed by atoms with Gasteiger partial charge in [0.05, 0.1) is 6.61 Å². The number of hydrogen-bond donors (Lipinski definition) is 0. The number of carbonyl (C=O) groups is 1. The Kier molecular flexibility index (Phi) is 4.98. The molecule has 0 aliphatic heterocycles. The lowest BCUT2D eigenvalue weighted by Crippen LogP contribution is -2.04. The summed E-state index contributed by atoms with van der Waals surface area (Å²) in [6.07, 6.45) is 0.585. The Bertz CT molecular complexity index is 624. The number of halogens is 3. The molecule has 0 aliphatic carbocycles. The van der Waals surface area contributed by atoms with Crippen molar-refractivity contribution in [1.82, 2.24) is 0 Å². The predicted octanol–water partition coefficient (Wildman–Crippen LogP) is 4.15. The van der Waals surface area contributed by atoms with Crippen LogP contribution in [0, 0.1) is 17.5 Å². The lowest BCUT2D eigenvalue weighted by molar-refractivity contribution is 0.0973. The van der Waals surface area contributed by atoms with Gasteiger partial charge in [-0.15, -0.1) is 0 Å². The van der Waals surface area contributed by atoms with E-state index in [0.717, 1.165) is 12.1 Å². The SMILES string of the molecule is O=C(CCCOc1ccc(F)cc1F)c1ccc(F)cc1. The van der Waals surface area contributed by atoms with Gasteiger partial charge in [-0.25, -0.2) is 13.2 Å². The minimum absolute atomic E-state index is 0.0503. The molecule has 0 radical (unpaired) electrons. The fourth-order valence-corrected chi connectivity index (χ4v) is 1.79. The average Bonchev–Trinajstić information content (AvgIpc) is 2.46. The van der Waals surface area contributed by atoms with Crippen molar-refractivity contribution in [2.24, 2.45) is 0 Å². The summed E-state index contributed by atoms with van der Waals surface area (Å²) in [6, 6.07) is 8.30. The molecule has 0 atom stereocenters. The van der Waals surface area contributed by atoms with Crippen molar-refractivity contribution in [1.29, 1.82) is 0 Å². The van der Waals surface area contributed by atoms with Crippen LogP contribution in [0.25, 0.3) is 0 Å². The van der Waals surface area contributed by atoms with Gasteiger partial charge in [0.1, 0.15) is 11.6 Å². The zero-order valence-electron chi connectivity index (χ0n) is 11.1. The Labute approximate surface area is 120 Å². The summed E-state index contributed by atoms with van der Waals surface area (Å²) in [5.41, 5.74) is 0.421. The molecule has 0 saturated heterocycles. The van der Waals surface area contributed by atoms with Gasteiger partial charge < -0.3 is 4.74 Å². The maximum atomic E-state index is 13.3. The molecule has 110 valence electrons. The van der Waals surface area contributed by atoms with Gasteiger partial charge in [0.15, 0.2) is 17.3 Å². The molecule has 5 heteroatoms. The third kappa shape index (κ3) is 4.34. The molecule has 0 amide bonds. The first-order valence-corrected chi connectivity index (χ1v) is 6.43. The van der Waals surface area contributed by atoms with Gasteiger partial charge in [-0.1, -0.05) is 0 Å². The van der Waals surface area contributed by atoms with Crippen molar-refractivity contribution in [3.05, 3.63) is 65.5 Å². The summed E-state index contributed by atoms with van der Waals surface area (Å²) in [5.74, 6) is -2.04. The number of hydrogen-bond acceptors (Lipinski definition) is 2. The standard InChI is InChI=1S/C16H13F3O2/c17-12-5-3-11(4-6-12)15(20)2-1-9-21-16-8-7-13(18)10-14(16)19/h3-8,10H,1-2,9H2. The summed E-state index contributed by atoms with van der Waals surface area (Å²) >= 11 is 0. The third-order valence-electron chi connectivity index (χ3n) is 2.87. The summed E-state index contributed by atoms with van der Waals surface area (Å²) in [7, 11) is 0. The Morgan fingerprint density at radius 3 is 2.29 bits per heavy atom. The maximum Gasteiger partial charge on any atom is 0.167 e. The molecule has 0 fully saturated rings. The van der Waals surface area contributed by atoms with E-state index >= 15 is 0 Å². The van der Waals surface area contributed by atoms with Crippen LogP contribution >= 0.6 is 0 Å². The highest BCUT2D eigenvalue weighted by atomic mass is 19.1. The summed E-state index contributed by atoms with van der Waals surface area (Å²) in [6.45, 7) is 0.134. The second kappa shape index (κ2) is 6.92. The van der Waals surface area contributed by atoms with E-state index in [-0.39, 0.29) is 24.6 Å². The molecule has 21 heavy (non-hydrogen) atoms. The lowest BCUT2D eigenvalue weighted by atomic mass is 10.1. The molecular formula is C16H13F3O2. The Hall–Kier alpha value is -2.30. The third-order valence-corrected chi connectivity index (χ3v) is 2.87. The number of ether oxygens (including phenoxy) is 1.